The first-order valence-corrected chi connectivity index (χ1v) is 12.3. The maximum Gasteiger partial charge on any atom is 0.278 e. The van der Waals surface area contributed by atoms with E-state index in [1.54, 1.807) is 28.4 Å². The lowest BCUT2D eigenvalue weighted by atomic mass is 9.95. The summed E-state index contributed by atoms with van der Waals surface area (Å²) in [5.41, 5.74) is 0.429. The van der Waals surface area contributed by atoms with Crippen LogP contribution in [0.2, 0.25) is 0 Å². The number of anilines is 2. The van der Waals surface area contributed by atoms with E-state index >= 15 is 0 Å². The molecule has 0 amide bonds. The van der Waals surface area contributed by atoms with Gasteiger partial charge in [0.1, 0.15) is 23.3 Å². The number of nitrogens with one attached hydrogen (secondary N) is 1. The van der Waals surface area contributed by atoms with Crippen molar-refractivity contribution < 1.29 is 9.84 Å². The van der Waals surface area contributed by atoms with Crippen LogP contribution in [0, 0.1) is 0 Å². The lowest BCUT2D eigenvalue weighted by Crippen LogP contribution is -2.24. The van der Waals surface area contributed by atoms with E-state index in [-0.39, 0.29) is 5.56 Å². The summed E-state index contributed by atoms with van der Waals surface area (Å²) in [5.74, 6) is 1.58. The topological polar surface area (TPSA) is 110 Å². The Morgan fingerprint density at radius 2 is 2.00 bits per heavy atom. The van der Waals surface area contributed by atoms with Gasteiger partial charge in [-0.15, -0.1) is 0 Å². The van der Waals surface area contributed by atoms with Gasteiger partial charge in [0.25, 0.3) is 5.56 Å². The van der Waals surface area contributed by atoms with Crippen molar-refractivity contribution in [2.75, 3.05) is 32.6 Å². The minimum absolute atomic E-state index is 0.208. The number of hydrogen-bond acceptors (Lipinski definition) is 8. The summed E-state index contributed by atoms with van der Waals surface area (Å²) in [6.07, 6.45) is 6.63. The summed E-state index contributed by atoms with van der Waals surface area (Å²) in [5, 5.41) is 14.6. The SMILES string of the molecule is CN(C)CCOc1cccc(Nc2ncc3c(=O)n4n(c3n2)-c2cccc(n2)[C@@](C)(O)CC/C=C\C4)c1. The van der Waals surface area contributed by atoms with E-state index in [1.807, 2.05) is 56.6 Å². The Balaban J connectivity index is 1.54. The number of aromatic nitrogens is 5. The molecule has 1 atom stereocenters. The van der Waals surface area contributed by atoms with Gasteiger partial charge in [0.2, 0.25) is 5.95 Å². The van der Waals surface area contributed by atoms with Crippen LogP contribution in [0.1, 0.15) is 25.5 Å². The van der Waals surface area contributed by atoms with Gasteiger partial charge in [-0.05, 0) is 58.1 Å². The van der Waals surface area contributed by atoms with Crippen LogP contribution in [0.3, 0.4) is 0 Å². The highest BCUT2D eigenvalue weighted by molar-refractivity contribution is 5.77. The number of ether oxygens (including phenoxy) is 1. The minimum Gasteiger partial charge on any atom is -0.492 e. The molecule has 4 heterocycles. The fourth-order valence-electron chi connectivity index (χ4n) is 4.25. The van der Waals surface area contributed by atoms with Crippen LogP contribution in [0.15, 0.2) is 65.6 Å². The number of hydrogen-bond donors (Lipinski definition) is 2. The number of likely N-dealkylation sites (N-methyl/N-ethyl adjacent to an activating group) is 1. The monoisotopic (exact) mass is 501 g/mol. The zero-order chi connectivity index (χ0) is 26.0. The Hall–Kier alpha value is -4.02. The number of aliphatic hydroxyl groups is 1. The molecule has 0 spiro atoms. The van der Waals surface area contributed by atoms with Crippen LogP contribution in [-0.4, -0.2) is 61.6 Å². The third kappa shape index (κ3) is 5.25. The lowest BCUT2D eigenvalue weighted by molar-refractivity contribution is 0.0443. The Kier molecular flexibility index (Phi) is 6.77. The van der Waals surface area contributed by atoms with E-state index in [2.05, 4.69) is 15.2 Å². The first-order chi connectivity index (χ1) is 17.8. The van der Waals surface area contributed by atoms with Gasteiger partial charge >= 0.3 is 0 Å². The number of rotatable bonds is 6. The molecule has 0 saturated carbocycles. The van der Waals surface area contributed by atoms with Crippen LogP contribution < -0.4 is 15.6 Å². The average molecular weight is 502 g/mol. The first-order valence-electron chi connectivity index (χ1n) is 12.3. The predicted octanol–water partition coefficient (Wildman–Crippen LogP) is 3.22. The Labute approximate surface area is 214 Å². The van der Waals surface area contributed by atoms with Gasteiger partial charge in [0.15, 0.2) is 11.5 Å². The lowest BCUT2D eigenvalue weighted by Gasteiger charge is -2.22. The summed E-state index contributed by atoms with van der Waals surface area (Å²) >= 11 is 0. The maximum absolute atomic E-state index is 13.3. The van der Waals surface area contributed by atoms with Crippen molar-refractivity contribution >= 4 is 22.7 Å². The van der Waals surface area contributed by atoms with E-state index in [0.717, 1.165) is 18.0 Å². The van der Waals surface area contributed by atoms with Crippen molar-refractivity contribution in [1.29, 1.82) is 0 Å². The molecule has 192 valence electrons. The van der Waals surface area contributed by atoms with Gasteiger partial charge in [-0.25, -0.2) is 19.3 Å². The van der Waals surface area contributed by atoms with E-state index in [0.29, 0.717) is 54.5 Å². The fraction of sp³-hybridized carbons (Fsp3) is 0.333. The highest BCUT2D eigenvalue weighted by atomic mass is 16.5. The molecular weight excluding hydrogens is 470 g/mol. The molecule has 37 heavy (non-hydrogen) atoms. The number of nitrogens with zero attached hydrogens (tertiary/aromatic N) is 6. The van der Waals surface area contributed by atoms with Gasteiger partial charge < -0.3 is 20.1 Å². The van der Waals surface area contributed by atoms with Gasteiger partial charge in [0, 0.05) is 24.5 Å². The predicted molar refractivity (Wildman–Crippen MR) is 143 cm³/mol. The van der Waals surface area contributed by atoms with Crippen molar-refractivity contribution in [1.82, 2.24) is 29.2 Å². The van der Waals surface area contributed by atoms with Crippen molar-refractivity contribution in [3.63, 3.8) is 0 Å². The smallest absolute Gasteiger partial charge is 0.278 e. The Morgan fingerprint density at radius 1 is 1.16 bits per heavy atom. The molecule has 3 aromatic heterocycles. The third-order valence-corrected chi connectivity index (χ3v) is 6.32. The second-order valence-electron chi connectivity index (χ2n) is 9.60. The molecule has 0 aliphatic carbocycles. The minimum atomic E-state index is -1.10. The van der Waals surface area contributed by atoms with Crippen LogP contribution >= 0.6 is 0 Å². The molecule has 4 aromatic rings. The molecule has 1 aliphatic rings. The number of fused-ring (bicyclic) bond motifs is 6. The molecule has 2 N–H and O–H groups in total. The van der Waals surface area contributed by atoms with Crippen molar-refractivity contribution in [3.05, 3.63) is 76.9 Å². The molecule has 5 rings (SSSR count). The van der Waals surface area contributed by atoms with Crippen molar-refractivity contribution in [3.8, 4) is 11.6 Å². The molecule has 1 aromatic carbocycles. The number of benzene rings is 1. The van der Waals surface area contributed by atoms with Crippen LogP contribution in [0.4, 0.5) is 11.6 Å². The van der Waals surface area contributed by atoms with Crippen LogP contribution in [-0.2, 0) is 12.1 Å². The zero-order valence-electron chi connectivity index (χ0n) is 21.3. The third-order valence-electron chi connectivity index (χ3n) is 6.32. The molecule has 2 bridgehead atoms. The molecule has 1 aliphatic heterocycles. The summed E-state index contributed by atoms with van der Waals surface area (Å²) in [6, 6.07) is 13.0. The summed E-state index contributed by atoms with van der Waals surface area (Å²) < 4.78 is 9.12. The van der Waals surface area contributed by atoms with Gasteiger partial charge in [-0.3, -0.25) is 4.79 Å². The Bertz CT molecular complexity index is 1500. The van der Waals surface area contributed by atoms with Crippen LogP contribution in [0.5, 0.6) is 5.75 Å². The average Bonchev–Trinajstić information content (AvgIpc) is 3.13. The van der Waals surface area contributed by atoms with E-state index in [1.165, 1.54) is 6.20 Å². The van der Waals surface area contributed by atoms with Gasteiger partial charge in [-0.1, -0.05) is 24.3 Å². The molecule has 10 heteroatoms. The van der Waals surface area contributed by atoms with Crippen molar-refractivity contribution in [2.24, 2.45) is 0 Å². The second-order valence-corrected chi connectivity index (χ2v) is 9.60. The van der Waals surface area contributed by atoms with E-state index in [4.69, 9.17) is 14.7 Å². The maximum atomic E-state index is 13.3. The van der Waals surface area contributed by atoms with Gasteiger partial charge in [0.05, 0.1) is 12.2 Å². The van der Waals surface area contributed by atoms with E-state index in [9.17, 15) is 9.90 Å². The normalized spacial score (nSPS) is 18.3. The highest BCUT2D eigenvalue weighted by Gasteiger charge is 2.26. The first kappa shape index (κ1) is 24.7. The van der Waals surface area contributed by atoms with Gasteiger partial charge in [-0.2, -0.15) is 4.98 Å². The molecule has 0 unspecified atom stereocenters. The van der Waals surface area contributed by atoms with Crippen molar-refractivity contribution in [2.45, 2.75) is 31.9 Å². The second kappa shape index (κ2) is 10.2. The van der Waals surface area contributed by atoms with Crippen LogP contribution in [0.25, 0.3) is 16.9 Å². The van der Waals surface area contributed by atoms with E-state index < -0.39 is 5.60 Å². The highest BCUT2D eigenvalue weighted by Crippen LogP contribution is 2.27. The molecule has 0 saturated heterocycles. The number of pyridine rings is 1. The molecule has 0 fully saturated rings. The quantitative estimate of drug-likeness (QED) is 0.388. The molecular formula is C27H31N7O3. The zero-order valence-corrected chi connectivity index (χ0v) is 21.3. The summed E-state index contributed by atoms with van der Waals surface area (Å²) in [6.45, 7) is 3.49. The number of allylic oxidation sites excluding steroid dienone is 2. The standard InChI is InChI=1S/C27H31N7O3/c1-27(36)13-5-4-6-14-33-25(35)21-18-28-26(31-24(21)34(33)23-12-8-11-22(27)30-23)29-19-9-7-10-20(17-19)37-16-15-32(2)3/h4,6-12,17-18,36H,5,13-16H2,1-3H3,(H,28,29,31)/b6-4-/t27-/m0/s1. The Morgan fingerprint density at radius 3 is 2.84 bits per heavy atom. The largest absolute Gasteiger partial charge is 0.492 e. The molecule has 10 nitrogen and oxygen atoms in total. The summed E-state index contributed by atoms with van der Waals surface area (Å²) in [7, 11) is 4.00. The molecule has 0 radical (unpaired) electrons. The summed E-state index contributed by atoms with van der Waals surface area (Å²) in [4.78, 5) is 29.2. The fourth-order valence-corrected chi connectivity index (χ4v) is 4.25.